The molecule has 0 saturated carbocycles. The summed E-state index contributed by atoms with van der Waals surface area (Å²) in [4.78, 5) is 7.98. The number of para-hydroxylation sites is 2. The van der Waals surface area contributed by atoms with Gasteiger partial charge in [-0.05, 0) is 203 Å². The molecule has 0 bridgehead atoms. The van der Waals surface area contributed by atoms with E-state index in [1.807, 2.05) is 0 Å². The maximum absolute atomic E-state index is 2.77. The molecule has 2 heterocycles. The van der Waals surface area contributed by atoms with Gasteiger partial charge in [-0.1, -0.05) is 196 Å². The van der Waals surface area contributed by atoms with Crippen molar-refractivity contribution >= 4 is 74.3 Å². The number of rotatable bonds is 5. The van der Waals surface area contributed by atoms with Crippen molar-refractivity contribution in [3.8, 4) is 11.1 Å². The molecule has 79 heavy (non-hydrogen) atoms. The molecule has 0 aromatic heterocycles. The lowest BCUT2D eigenvalue weighted by Crippen LogP contribution is -2.62. The molecular formula is C75H82BN3. The lowest BCUT2D eigenvalue weighted by molar-refractivity contribution is 0.332. The average molecular weight is 1040 g/mol. The van der Waals surface area contributed by atoms with E-state index in [9.17, 15) is 0 Å². The molecule has 13 rings (SSSR count). The summed E-state index contributed by atoms with van der Waals surface area (Å²) in [5, 5.41) is 0. The van der Waals surface area contributed by atoms with Gasteiger partial charge in [-0.2, -0.15) is 0 Å². The first-order valence-electron chi connectivity index (χ1n) is 29.6. The highest BCUT2D eigenvalue weighted by Crippen LogP contribution is 2.59. The topological polar surface area (TPSA) is 9.72 Å². The minimum atomic E-state index is -0.227. The van der Waals surface area contributed by atoms with Gasteiger partial charge < -0.3 is 14.7 Å². The number of anilines is 9. The van der Waals surface area contributed by atoms with E-state index in [4.69, 9.17) is 0 Å². The van der Waals surface area contributed by atoms with Crippen LogP contribution in [-0.4, -0.2) is 6.71 Å². The first kappa shape index (κ1) is 51.6. The van der Waals surface area contributed by atoms with Crippen LogP contribution in [0.15, 0.2) is 152 Å². The predicted octanol–water partition coefficient (Wildman–Crippen LogP) is 18.8. The Bertz CT molecular complexity index is 3800. The average Bonchev–Trinajstić information content (AvgIpc) is 3.99. The Balaban J connectivity index is 1.19. The van der Waals surface area contributed by atoms with Crippen LogP contribution in [0.1, 0.15) is 180 Å². The number of benzene rings is 8. The Labute approximate surface area is 474 Å². The smallest absolute Gasteiger partial charge is 0.252 e. The molecule has 3 nitrogen and oxygen atoms in total. The lowest BCUT2D eigenvalue weighted by Gasteiger charge is -2.48. The second kappa shape index (κ2) is 16.9. The van der Waals surface area contributed by atoms with Crippen molar-refractivity contribution in [1.29, 1.82) is 0 Å². The zero-order chi connectivity index (χ0) is 55.9. The molecule has 0 saturated heterocycles. The molecule has 8 aromatic rings. The Hall–Kier alpha value is -6.78. The van der Waals surface area contributed by atoms with E-state index in [1.54, 1.807) is 0 Å². The van der Waals surface area contributed by atoms with Crippen molar-refractivity contribution < 1.29 is 0 Å². The van der Waals surface area contributed by atoms with Gasteiger partial charge in [-0.15, -0.1) is 0 Å². The van der Waals surface area contributed by atoms with Crippen molar-refractivity contribution in [2.24, 2.45) is 0 Å². The summed E-state index contributed by atoms with van der Waals surface area (Å²) in [6.45, 7) is 41.8. The van der Waals surface area contributed by atoms with Crippen LogP contribution in [0.25, 0.3) is 11.1 Å². The number of hydrogen-bond donors (Lipinski definition) is 0. The fraction of sp³-hybridized carbons (Fsp3) is 0.360. The molecule has 5 aliphatic rings. The van der Waals surface area contributed by atoms with E-state index in [-0.39, 0.29) is 44.6 Å². The maximum atomic E-state index is 2.77. The summed E-state index contributed by atoms with van der Waals surface area (Å²) in [5.74, 6) is 0. The molecule has 8 aromatic carbocycles. The highest BCUT2D eigenvalue weighted by atomic mass is 15.2. The molecule has 0 amide bonds. The third kappa shape index (κ3) is 7.65. The standard InChI is InChI=1S/C75H82BN3/c1-46-38-54-56(72(10,11)37-36-71(54,8)9)43-61(46)79-63-44-57-55(73(12,13)45-74(57,14)15)42-59(63)76-58-34-32-50(77(48-26-20-18-21-27-48)49-28-22-19-23-29-49)41-62(58)78(64-39-47(69(2,3)4)40-65(79)68(64)76)60-35-33-52-51-30-24-25-31-53(51)75(16,17)66(52)67(60)70(5,6)7/h18-35,38-44H,36-37,45H2,1-17H3. The van der Waals surface area contributed by atoms with Gasteiger partial charge in [0.1, 0.15) is 0 Å². The molecular weight excluding hydrogens is 954 g/mol. The van der Waals surface area contributed by atoms with Crippen LogP contribution in [0.3, 0.4) is 0 Å². The molecule has 0 N–H and O–H groups in total. The Kier molecular flexibility index (Phi) is 11.0. The first-order chi connectivity index (χ1) is 37.1. The van der Waals surface area contributed by atoms with Gasteiger partial charge in [-0.3, -0.25) is 0 Å². The molecule has 2 aliphatic heterocycles. The fourth-order valence-corrected chi connectivity index (χ4v) is 15.9. The second-order valence-corrected chi connectivity index (χ2v) is 29.7. The third-order valence-electron chi connectivity index (χ3n) is 19.8. The molecule has 0 unspecified atom stereocenters. The van der Waals surface area contributed by atoms with Gasteiger partial charge in [0.2, 0.25) is 0 Å². The molecule has 0 atom stereocenters. The van der Waals surface area contributed by atoms with Crippen LogP contribution in [0.5, 0.6) is 0 Å². The quantitative estimate of drug-likeness (QED) is 0.159. The van der Waals surface area contributed by atoms with Crippen LogP contribution < -0.4 is 31.1 Å². The van der Waals surface area contributed by atoms with Crippen molar-refractivity contribution in [3.05, 3.63) is 202 Å². The lowest BCUT2D eigenvalue weighted by atomic mass is 9.33. The van der Waals surface area contributed by atoms with Crippen LogP contribution in [0, 0.1) is 6.92 Å². The van der Waals surface area contributed by atoms with Crippen molar-refractivity contribution in [2.75, 3.05) is 14.7 Å². The number of aryl methyl sites for hydroxylation is 1. The molecule has 0 radical (unpaired) electrons. The molecule has 0 fully saturated rings. The summed E-state index contributed by atoms with van der Waals surface area (Å²) in [6, 6.07) is 59.4. The summed E-state index contributed by atoms with van der Waals surface area (Å²) >= 11 is 0. The van der Waals surface area contributed by atoms with Crippen molar-refractivity contribution in [2.45, 2.75) is 175 Å². The monoisotopic (exact) mass is 1040 g/mol. The van der Waals surface area contributed by atoms with E-state index < -0.39 is 0 Å². The van der Waals surface area contributed by atoms with Gasteiger partial charge in [0.15, 0.2) is 0 Å². The summed E-state index contributed by atoms with van der Waals surface area (Å²) in [5.41, 5.74) is 30.3. The summed E-state index contributed by atoms with van der Waals surface area (Å²) in [6.07, 6.45) is 3.46. The van der Waals surface area contributed by atoms with Gasteiger partial charge in [0, 0.05) is 50.9 Å². The van der Waals surface area contributed by atoms with E-state index in [1.165, 1.54) is 125 Å². The maximum Gasteiger partial charge on any atom is 0.252 e. The number of nitrogens with zero attached hydrogens (tertiary/aromatic N) is 3. The van der Waals surface area contributed by atoms with Gasteiger partial charge in [0.25, 0.3) is 6.71 Å². The fourth-order valence-electron chi connectivity index (χ4n) is 15.9. The highest BCUT2D eigenvalue weighted by molar-refractivity contribution is 7.00. The van der Waals surface area contributed by atoms with E-state index in [0.717, 1.165) is 23.5 Å². The predicted molar refractivity (Wildman–Crippen MR) is 341 cm³/mol. The minimum absolute atomic E-state index is 0.00486. The summed E-state index contributed by atoms with van der Waals surface area (Å²) < 4.78 is 0. The molecule has 0 spiro atoms. The highest BCUT2D eigenvalue weighted by Gasteiger charge is 2.51. The van der Waals surface area contributed by atoms with Gasteiger partial charge in [0.05, 0.1) is 5.69 Å². The van der Waals surface area contributed by atoms with Gasteiger partial charge >= 0.3 is 0 Å². The number of fused-ring (bicyclic) bond motifs is 9. The normalized spacial score (nSPS) is 18.2. The zero-order valence-corrected chi connectivity index (χ0v) is 50.5. The molecule has 3 aliphatic carbocycles. The van der Waals surface area contributed by atoms with E-state index in [2.05, 4.69) is 284 Å². The molecule has 4 heteroatoms. The second-order valence-electron chi connectivity index (χ2n) is 29.7. The van der Waals surface area contributed by atoms with Crippen LogP contribution >= 0.6 is 0 Å². The number of hydrogen-bond acceptors (Lipinski definition) is 3. The largest absolute Gasteiger partial charge is 0.311 e. The Morgan fingerprint density at radius 3 is 1.53 bits per heavy atom. The zero-order valence-electron chi connectivity index (χ0n) is 50.5. The van der Waals surface area contributed by atoms with E-state index >= 15 is 0 Å². The third-order valence-corrected chi connectivity index (χ3v) is 19.8. The first-order valence-corrected chi connectivity index (χ1v) is 29.6. The minimum Gasteiger partial charge on any atom is -0.311 e. The van der Waals surface area contributed by atoms with Crippen LogP contribution in [-0.2, 0) is 37.9 Å². The van der Waals surface area contributed by atoms with Crippen molar-refractivity contribution in [1.82, 2.24) is 0 Å². The Morgan fingerprint density at radius 1 is 0.418 bits per heavy atom. The Morgan fingerprint density at radius 2 is 0.937 bits per heavy atom. The SMILES string of the molecule is Cc1cc2c(cc1N1c3cc4c(cc3B3c5ccc(N(c6ccccc6)c6ccccc6)cc5N(c5ccc6c(c5C(C)(C)C)C(C)(C)c5ccccc5-6)c5cc(C(C)(C)C)cc1c53)C(C)(C)CC4(C)C)C(C)(C)CCC2(C)C. The summed E-state index contributed by atoms with van der Waals surface area (Å²) in [7, 11) is 0. The van der Waals surface area contributed by atoms with Crippen LogP contribution in [0.2, 0.25) is 0 Å². The van der Waals surface area contributed by atoms with E-state index in [0.29, 0.717) is 0 Å². The molecule has 400 valence electrons. The van der Waals surface area contributed by atoms with Gasteiger partial charge in [-0.25, -0.2) is 0 Å². The van der Waals surface area contributed by atoms with Crippen molar-refractivity contribution in [3.63, 3.8) is 0 Å². The van der Waals surface area contributed by atoms with Crippen LogP contribution in [0.4, 0.5) is 51.2 Å².